The van der Waals surface area contributed by atoms with Crippen molar-refractivity contribution in [2.24, 2.45) is 0 Å². The summed E-state index contributed by atoms with van der Waals surface area (Å²) in [5, 5.41) is 0. The van der Waals surface area contributed by atoms with Gasteiger partial charge in [0.1, 0.15) is 5.82 Å². The highest BCUT2D eigenvalue weighted by Gasteiger charge is 2.36. The van der Waals surface area contributed by atoms with Crippen molar-refractivity contribution >= 4 is 5.91 Å². The van der Waals surface area contributed by atoms with Crippen LogP contribution in [0.3, 0.4) is 0 Å². The lowest BCUT2D eigenvalue weighted by atomic mass is 10.1. The van der Waals surface area contributed by atoms with Crippen LogP contribution in [0.1, 0.15) is 36.2 Å². The second-order valence-corrected chi connectivity index (χ2v) is 4.05. The molecule has 0 spiro atoms. The minimum Gasteiger partial charge on any atom is -0.339 e. The first kappa shape index (κ1) is 15.5. The summed E-state index contributed by atoms with van der Waals surface area (Å²) in [4.78, 5) is 13.3. The molecule has 0 radical (unpaired) electrons. The summed E-state index contributed by atoms with van der Waals surface area (Å²) < 4.78 is 51.5. The van der Waals surface area contributed by atoms with Crippen LogP contribution in [0, 0.1) is 5.82 Å². The van der Waals surface area contributed by atoms with Crippen molar-refractivity contribution in [1.29, 1.82) is 0 Å². The van der Waals surface area contributed by atoms with Crippen LogP contribution in [-0.2, 0) is 6.18 Å². The van der Waals surface area contributed by atoms with E-state index in [0.29, 0.717) is 25.6 Å². The van der Waals surface area contributed by atoms with Gasteiger partial charge in [0.25, 0.3) is 5.91 Å². The zero-order chi connectivity index (χ0) is 14.6. The number of rotatable bonds is 4. The van der Waals surface area contributed by atoms with Crippen LogP contribution in [0.5, 0.6) is 0 Å². The largest absolute Gasteiger partial charge is 0.419 e. The van der Waals surface area contributed by atoms with Gasteiger partial charge in [-0.2, -0.15) is 13.2 Å². The molecule has 0 atom stereocenters. The Labute approximate surface area is 109 Å². The van der Waals surface area contributed by atoms with Gasteiger partial charge in [0.05, 0.1) is 11.1 Å². The van der Waals surface area contributed by atoms with Gasteiger partial charge in [-0.1, -0.05) is 13.0 Å². The highest BCUT2D eigenvalue weighted by Crippen LogP contribution is 2.32. The molecule has 0 heterocycles. The number of nitrogens with zero attached hydrogens (tertiary/aromatic N) is 1. The fraction of sp³-hybridized carbons (Fsp3) is 0.462. The van der Waals surface area contributed by atoms with Crippen molar-refractivity contribution in [3.05, 3.63) is 35.1 Å². The Hall–Kier alpha value is -1.59. The van der Waals surface area contributed by atoms with E-state index in [9.17, 15) is 22.4 Å². The highest BCUT2D eigenvalue weighted by molar-refractivity contribution is 5.94. The molecule has 1 amide bonds. The number of carbonyl (C=O) groups excluding carboxylic acids is 1. The summed E-state index contributed by atoms with van der Waals surface area (Å²) in [7, 11) is 0. The maximum absolute atomic E-state index is 13.8. The van der Waals surface area contributed by atoms with E-state index in [0.717, 1.165) is 12.1 Å². The van der Waals surface area contributed by atoms with Crippen LogP contribution in [0.15, 0.2) is 18.2 Å². The van der Waals surface area contributed by atoms with Crippen molar-refractivity contribution in [2.75, 3.05) is 13.1 Å². The van der Waals surface area contributed by atoms with E-state index < -0.39 is 29.0 Å². The van der Waals surface area contributed by atoms with E-state index >= 15 is 0 Å². The molecule has 0 aliphatic carbocycles. The molecular formula is C13H15F4NO. The summed E-state index contributed by atoms with van der Waals surface area (Å²) in [5.74, 6) is -2.22. The summed E-state index contributed by atoms with van der Waals surface area (Å²) in [5.41, 5.74) is -1.95. The van der Waals surface area contributed by atoms with Gasteiger partial charge in [0.2, 0.25) is 0 Å². The van der Waals surface area contributed by atoms with E-state index in [2.05, 4.69) is 0 Å². The number of halogens is 4. The molecule has 0 saturated carbocycles. The first-order valence-corrected chi connectivity index (χ1v) is 5.97. The van der Waals surface area contributed by atoms with Crippen molar-refractivity contribution < 1.29 is 22.4 Å². The lowest BCUT2D eigenvalue weighted by molar-refractivity contribution is -0.140. The summed E-state index contributed by atoms with van der Waals surface area (Å²) in [6.45, 7) is 4.23. The monoisotopic (exact) mass is 277 g/mol. The SMILES string of the molecule is CCCN(CC)C(=O)c1cccc(C(F)(F)F)c1F. The standard InChI is InChI=1S/C13H15F4NO/c1-3-8-18(4-2)12(19)9-6-5-7-10(11(9)14)13(15,16)17/h5-7H,3-4,8H2,1-2H3. The van der Waals surface area contributed by atoms with E-state index in [4.69, 9.17) is 0 Å². The van der Waals surface area contributed by atoms with E-state index in [1.165, 1.54) is 4.90 Å². The minimum atomic E-state index is -4.80. The topological polar surface area (TPSA) is 20.3 Å². The molecule has 1 aromatic rings. The molecular weight excluding hydrogens is 262 g/mol. The lowest BCUT2D eigenvalue weighted by Crippen LogP contribution is -2.32. The van der Waals surface area contributed by atoms with Crippen molar-refractivity contribution in [3.8, 4) is 0 Å². The van der Waals surface area contributed by atoms with Crippen LogP contribution in [0.2, 0.25) is 0 Å². The maximum atomic E-state index is 13.8. The first-order chi connectivity index (χ1) is 8.82. The lowest BCUT2D eigenvalue weighted by Gasteiger charge is -2.21. The smallest absolute Gasteiger partial charge is 0.339 e. The minimum absolute atomic E-state index is 0.322. The van der Waals surface area contributed by atoms with Crippen molar-refractivity contribution in [3.63, 3.8) is 0 Å². The van der Waals surface area contributed by atoms with Crippen LogP contribution >= 0.6 is 0 Å². The fourth-order valence-electron chi connectivity index (χ4n) is 1.76. The molecule has 106 valence electrons. The number of amides is 1. The van der Waals surface area contributed by atoms with Gasteiger partial charge in [-0.05, 0) is 25.5 Å². The summed E-state index contributed by atoms with van der Waals surface area (Å²) in [6, 6.07) is 2.74. The van der Waals surface area contributed by atoms with Crippen LogP contribution in [0.25, 0.3) is 0 Å². The van der Waals surface area contributed by atoms with Crippen molar-refractivity contribution in [1.82, 2.24) is 4.90 Å². The Kier molecular flexibility index (Phi) is 4.91. The van der Waals surface area contributed by atoms with Gasteiger partial charge in [0.15, 0.2) is 0 Å². The molecule has 1 aromatic carbocycles. The number of alkyl halides is 3. The molecule has 0 aliphatic rings. The molecule has 0 N–H and O–H groups in total. The van der Waals surface area contributed by atoms with Crippen LogP contribution < -0.4 is 0 Å². The highest BCUT2D eigenvalue weighted by atomic mass is 19.4. The second-order valence-electron chi connectivity index (χ2n) is 4.05. The number of benzene rings is 1. The van der Waals surface area contributed by atoms with Gasteiger partial charge in [-0.15, -0.1) is 0 Å². The Balaban J connectivity index is 3.18. The molecule has 6 heteroatoms. The summed E-state index contributed by atoms with van der Waals surface area (Å²) >= 11 is 0. The molecule has 19 heavy (non-hydrogen) atoms. The third-order valence-corrected chi connectivity index (χ3v) is 2.70. The third-order valence-electron chi connectivity index (χ3n) is 2.70. The molecule has 0 unspecified atom stereocenters. The molecule has 0 bridgehead atoms. The molecule has 0 fully saturated rings. The number of carbonyl (C=O) groups is 1. The van der Waals surface area contributed by atoms with E-state index in [-0.39, 0.29) is 0 Å². The molecule has 0 saturated heterocycles. The van der Waals surface area contributed by atoms with Gasteiger partial charge < -0.3 is 4.90 Å². The summed E-state index contributed by atoms with van der Waals surface area (Å²) in [6.07, 6.45) is -4.15. The predicted molar refractivity (Wildman–Crippen MR) is 63.3 cm³/mol. The zero-order valence-corrected chi connectivity index (χ0v) is 10.7. The average molecular weight is 277 g/mol. The quantitative estimate of drug-likeness (QED) is 0.768. The average Bonchev–Trinajstić information content (AvgIpc) is 2.34. The second kappa shape index (κ2) is 6.04. The zero-order valence-electron chi connectivity index (χ0n) is 10.7. The van der Waals surface area contributed by atoms with Crippen LogP contribution in [0.4, 0.5) is 17.6 Å². The number of hydrogen-bond acceptors (Lipinski definition) is 1. The maximum Gasteiger partial charge on any atom is 0.419 e. The normalized spacial score (nSPS) is 11.5. The Morgan fingerprint density at radius 3 is 2.37 bits per heavy atom. The van der Waals surface area contributed by atoms with E-state index in [1.807, 2.05) is 6.92 Å². The predicted octanol–water partition coefficient (Wildman–Crippen LogP) is 3.72. The molecule has 0 aliphatic heterocycles. The molecule has 1 rings (SSSR count). The molecule has 2 nitrogen and oxygen atoms in total. The fourth-order valence-corrected chi connectivity index (χ4v) is 1.76. The van der Waals surface area contributed by atoms with Gasteiger partial charge in [-0.3, -0.25) is 4.79 Å². The van der Waals surface area contributed by atoms with Crippen molar-refractivity contribution in [2.45, 2.75) is 26.4 Å². The Bertz CT molecular complexity index is 456. The Morgan fingerprint density at radius 2 is 1.89 bits per heavy atom. The van der Waals surface area contributed by atoms with Gasteiger partial charge in [-0.25, -0.2) is 4.39 Å². The Morgan fingerprint density at radius 1 is 1.26 bits per heavy atom. The molecule has 0 aromatic heterocycles. The van der Waals surface area contributed by atoms with Gasteiger partial charge >= 0.3 is 6.18 Å². The number of hydrogen-bond donors (Lipinski definition) is 0. The van der Waals surface area contributed by atoms with Crippen LogP contribution in [-0.4, -0.2) is 23.9 Å². The third kappa shape index (κ3) is 3.45. The first-order valence-electron chi connectivity index (χ1n) is 5.97. The van der Waals surface area contributed by atoms with Gasteiger partial charge in [0, 0.05) is 13.1 Å². The van der Waals surface area contributed by atoms with E-state index in [1.54, 1.807) is 6.92 Å².